The fourth-order valence-corrected chi connectivity index (χ4v) is 4.17. The summed E-state index contributed by atoms with van der Waals surface area (Å²) in [6.45, 7) is 7.91. The Bertz CT molecular complexity index is 502. The third kappa shape index (κ3) is 2.31. The highest BCUT2D eigenvalue weighted by Gasteiger charge is 2.34. The van der Waals surface area contributed by atoms with Crippen molar-refractivity contribution in [2.24, 2.45) is 0 Å². The Morgan fingerprint density at radius 2 is 1.89 bits per heavy atom. The molecule has 96 valence electrons. The van der Waals surface area contributed by atoms with E-state index >= 15 is 0 Å². The maximum absolute atomic E-state index is 11.8. The average Bonchev–Trinajstić information content (AvgIpc) is 2.58. The van der Waals surface area contributed by atoms with Gasteiger partial charge in [-0.05, 0) is 37.5 Å². The number of hydrogen-bond donors (Lipinski definition) is 0. The van der Waals surface area contributed by atoms with Crippen LogP contribution < -0.4 is 0 Å². The van der Waals surface area contributed by atoms with Crippen LogP contribution in [-0.2, 0) is 4.79 Å². The van der Waals surface area contributed by atoms with Crippen molar-refractivity contribution in [3.63, 3.8) is 0 Å². The molecule has 4 heteroatoms. The van der Waals surface area contributed by atoms with Crippen molar-refractivity contribution in [3.8, 4) is 0 Å². The van der Waals surface area contributed by atoms with Gasteiger partial charge in [0, 0.05) is 12.7 Å². The molecule has 0 spiro atoms. The Morgan fingerprint density at radius 1 is 1.33 bits per heavy atom. The number of carbonyl (C=O) groups is 1. The summed E-state index contributed by atoms with van der Waals surface area (Å²) >= 11 is 6.87. The van der Waals surface area contributed by atoms with Gasteiger partial charge in [0.25, 0.3) is 0 Å². The van der Waals surface area contributed by atoms with Crippen molar-refractivity contribution in [3.05, 3.63) is 34.4 Å². The van der Waals surface area contributed by atoms with Crippen molar-refractivity contribution in [2.45, 2.75) is 33.7 Å². The van der Waals surface area contributed by atoms with Gasteiger partial charge < -0.3 is 0 Å². The van der Waals surface area contributed by atoms with Crippen LogP contribution in [0.5, 0.6) is 0 Å². The van der Waals surface area contributed by atoms with E-state index in [-0.39, 0.29) is 11.9 Å². The lowest BCUT2D eigenvalue weighted by Gasteiger charge is -2.25. The standard InChI is InChI=1S/C14H17NOS2/c1-8-5-9(2)13(10(3)6-8)12-7-18-14(17)15(12)11(4)16/h5-6,12H,7H2,1-4H3/t12-/m0/s1. The molecule has 1 aromatic carbocycles. The maximum atomic E-state index is 11.8. The van der Waals surface area contributed by atoms with Crippen LogP contribution in [0.25, 0.3) is 0 Å². The van der Waals surface area contributed by atoms with Crippen molar-refractivity contribution in [1.29, 1.82) is 0 Å². The van der Waals surface area contributed by atoms with Gasteiger partial charge in [0.05, 0.1) is 6.04 Å². The number of amides is 1. The summed E-state index contributed by atoms with van der Waals surface area (Å²) in [5.74, 6) is 0.901. The first kappa shape index (κ1) is 13.6. The Morgan fingerprint density at radius 3 is 2.39 bits per heavy atom. The van der Waals surface area contributed by atoms with Gasteiger partial charge in [0.15, 0.2) is 0 Å². The van der Waals surface area contributed by atoms with Crippen molar-refractivity contribution < 1.29 is 4.79 Å². The number of hydrogen-bond acceptors (Lipinski definition) is 3. The molecule has 0 unspecified atom stereocenters. The van der Waals surface area contributed by atoms with Crippen LogP contribution in [0, 0.1) is 20.8 Å². The third-order valence-corrected chi connectivity index (χ3v) is 4.76. The van der Waals surface area contributed by atoms with Gasteiger partial charge in [-0.3, -0.25) is 9.69 Å². The summed E-state index contributed by atoms with van der Waals surface area (Å²) in [4.78, 5) is 13.5. The summed E-state index contributed by atoms with van der Waals surface area (Å²) in [5.41, 5.74) is 5.00. The molecule has 0 aromatic heterocycles. The largest absolute Gasteiger partial charge is 0.289 e. The average molecular weight is 279 g/mol. The first-order valence-electron chi connectivity index (χ1n) is 5.96. The second kappa shape index (κ2) is 5.02. The van der Waals surface area contributed by atoms with E-state index in [9.17, 15) is 4.79 Å². The number of thiocarbonyl (C=S) groups is 1. The Kier molecular flexibility index (Phi) is 3.78. The highest BCUT2D eigenvalue weighted by atomic mass is 32.2. The Balaban J connectivity index is 2.49. The van der Waals surface area contributed by atoms with E-state index in [4.69, 9.17) is 12.2 Å². The van der Waals surface area contributed by atoms with E-state index in [2.05, 4.69) is 32.9 Å². The normalized spacial score (nSPS) is 19.4. The minimum Gasteiger partial charge on any atom is -0.289 e. The molecule has 1 amide bonds. The number of aryl methyl sites for hydroxylation is 3. The highest BCUT2D eigenvalue weighted by molar-refractivity contribution is 8.23. The molecule has 1 aliphatic heterocycles. The lowest BCUT2D eigenvalue weighted by Crippen LogP contribution is -2.32. The summed E-state index contributed by atoms with van der Waals surface area (Å²) in [6.07, 6.45) is 0. The fraction of sp³-hybridized carbons (Fsp3) is 0.429. The van der Waals surface area contributed by atoms with E-state index in [1.165, 1.54) is 22.3 Å². The predicted octanol–water partition coefficient (Wildman–Crippen LogP) is 3.53. The first-order chi connectivity index (χ1) is 8.41. The van der Waals surface area contributed by atoms with E-state index < -0.39 is 0 Å². The molecule has 0 N–H and O–H groups in total. The van der Waals surface area contributed by atoms with Crippen LogP contribution in [0.3, 0.4) is 0 Å². The lowest BCUT2D eigenvalue weighted by atomic mass is 9.94. The van der Waals surface area contributed by atoms with Gasteiger partial charge in [-0.1, -0.05) is 41.7 Å². The van der Waals surface area contributed by atoms with Crippen LogP contribution in [0.1, 0.15) is 35.2 Å². The molecular weight excluding hydrogens is 262 g/mol. The van der Waals surface area contributed by atoms with E-state index in [0.29, 0.717) is 4.32 Å². The van der Waals surface area contributed by atoms with E-state index in [0.717, 1.165) is 5.75 Å². The lowest BCUT2D eigenvalue weighted by molar-refractivity contribution is -0.126. The number of rotatable bonds is 1. The van der Waals surface area contributed by atoms with Gasteiger partial charge in [-0.15, -0.1) is 0 Å². The highest BCUT2D eigenvalue weighted by Crippen LogP contribution is 2.38. The van der Waals surface area contributed by atoms with Gasteiger partial charge in [0.1, 0.15) is 4.32 Å². The van der Waals surface area contributed by atoms with Crippen LogP contribution in [0.2, 0.25) is 0 Å². The zero-order valence-electron chi connectivity index (χ0n) is 11.1. The minimum absolute atomic E-state index is 0.0365. The zero-order valence-corrected chi connectivity index (χ0v) is 12.7. The van der Waals surface area contributed by atoms with Crippen LogP contribution >= 0.6 is 24.0 Å². The fourth-order valence-electron chi connectivity index (χ4n) is 2.70. The number of thioether (sulfide) groups is 1. The molecule has 1 atom stereocenters. The molecule has 2 nitrogen and oxygen atoms in total. The predicted molar refractivity (Wildman–Crippen MR) is 81.0 cm³/mol. The van der Waals surface area contributed by atoms with Gasteiger partial charge >= 0.3 is 0 Å². The zero-order chi connectivity index (χ0) is 13.4. The molecule has 18 heavy (non-hydrogen) atoms. The molecule has 1 saturated heterocycles. The van der Waals surface area contributed by atoms with E-state index in [1.54, 1.807) is 23.6 Å². The third-order valence-electron chi connectivity index (χ3n) is 3.28. The SMILES string of the molecule is CC(=O)N1C(=S)SC[C@H]1c1c(C)cc(C)cc1C. The molecule has 1 heterocycles. The molecule has 0 bridgehead atoms. The maximum Gasteiger partial charge on any atom is 0.225 e. The summed E-state index contributed by atoms with van der Waals surface area (Å²) in [5, 5.41) is 0. The molecule has 1 fully saturated rings. The van der Waals surface area contributed by atoms with Gasteiger partial charge in [-0.2, -0.15) is 0 Å². The van der Waals surface area contributed by atoms with Gasteiger partial charge in [0.2, 0.25) is 5.91 Å². The molecular formula is C14H17NOS2. The Labute approximate surface area is 118 Å². The van der Waals surface area contributed by atoms with Crippen LogP contribution in [-0.4, -0.2) is 20.9 Å². The topological polar surface area (TPSA) is 20.3 Å². The monoisotopic (exact) mass is 279 g/mol. The summed E-state index contributed by atoms with van der Waals surface area (Å²) in [6, 6.07) is 4.44. The smallest absolute Gasteiger partial charge is 0.225 e. The van der Waals surface area contributed by atoms with Gasteiger partial charge in [-0.25, -0.2) is 0 Å². The number of nitrogens with zero attached hydrogens (tertiary/aromatic N) is 1. The second-order valence-electron chi connectivity index (χ2n) is 4.79. The van der Waals surface area contributed by atoms with Crippen LogP contribution in [0.4, 0.5) is 0 Å². The minimum atomic E-state index is 0.0365. The molecule has 0 radical (unpaired) electrons. The van der Waals surface area contributed by atoms with Crippen molar-refractivity contribution in [2.75, 3.05) is 5.75 Å². The first-order valence-corrected chi connectivity index (χ1v) is 7.35. The molecule has 0 saturated carbocycles. The Hall–Kier alpha value is -0.870. The second-order valence-corrected chi connectivity index (χ2v) is 6.45. The number of carbonyl (C=O) groups excluding carboxylic acids is 1. The van der Waals surface area contributed by atoms with Crippen molar-refractivity contribution in [1.82, 2.24) is 4.90 Å². The van der Waals surface area contributed by atoms with Crippen molar-refractivity contribution >= 4 is 34.2 Å². The summed E-state index contributed by atoms with van der Waals surface area (Å²) in [7, 11) is 0. The quantitative estimate of drug-likeness (QED) is 0.733. The van der Waals surface area contributed by atoms with E-state index in [1.807, 2.05) is 0 Å². The molecule has 1 aliphatic rings. The molecule has 2 rings (SSSR count). The summed E-state index contributed by atoms with van der Waals surface area (Å²) < 4.78 is 0.701. The molecule has 0 aliphatic carbocycles. The van der Waals surface area contributed by atoms with Crippen LogP contribution in [0.15, 0.2) is 12.1 Å². The molecule has 1 aromatic rings. The number of benzene rings is 1.